The molecule has 1 saturated heterocycles. The Morgan fingerprint density at radius 2 is 2.12 bits per heavy atom. The summed E-state index contributed by atoms with van der Waals surface area (Å²) in [7, 11) is 0. The number of aryl methyl sites for hydroxylation is 1. The number of hydrogen-bond donors (Lipinski definition) is 1. The van der Waals surface area contributed by atoms with E-state index in [0.717, 1.165) is 54.3 Å². The van der Waals surface area contributed by atoms with E-state index in [1.54, 1.807) is 11.3 Å². The van der Waals surface area contributed by atoms with E-state index in [1.807, 2.05) is 0 Å². The van der Waals surface area contributed by atoms with Gasteiger partial charge in [-0.25, -0.2) is 9.97 Å². The summed E-state index contributed by atoms with van der Waals surface area (Å²) < 4.78 is 5.59. The lowest BCUT2D eigenvalue weighted by Crippen LogP contribution is -2.17. The first kappa shape index (κ1) is 16.5. The van der Waals surface area contributed by atoms with Gasteiger partial charge in [-0.2, -0.15) is 0 Å². The molecule has 1 fully saturated rings. The van der Waals surface area contributed by atoms with Gasteiger partial charge in [0.1, 0.15) is 16.5 Å². The lowest BCUT2D eigenvalue weighted by Gasteiger charge is -2.23. The van der Waals surface area contributed by atoms with Gasteiger partial charge in [-0.05, 0) is 35.8 Å². The first-order valence-electron chi connectivity index (χ1n) is 8.97. The van der Waals surface area contributed by atoms with Gasteiger partial charge in [0.2, 0.25) is 0 Å². The van der Waals surface area contributed by atoms with Gasteiger partial charge in [0, 0.05) is 19.6 Å². The molecule has 0 radical (unpaired) electrons. The number of ether oxygens (including phenoxy) is 1. The van der Waals surface area contributed by atoms with Crippen LogP contribution in [-0.4, -0.2) is 23.2 Å². The van der Waals surface area contributed by atoms with Crippen LogP contribution in [0.4, 0.5) is 5.82 Å². The number of nitrogens with one attached hydrogen (secondary N) is 1. The Labute approximate surface area is 152 Å². The van der Waals surface area contributed by atoms with Crippen molar-refractivity contribution in [3.8, 4) is 0 Å². The molecular weight excluding hydrogens is 330 g/mol. The van der Waals surface area contributed by atoms with Crippen molar-refractivity contribution in [2.75, 3.05) is 18.5 Å². The SMILES string of the molecule is CCc1nc(NC(CC2CCOC2)c2ccccc2)c2ccsc2n1. The minimum Gasteiger partial charge on any atom is -0.381 e. The topological polar surface area (TPSA) is 47.0 Å². The number of rotatable bonds is 6. The number of fused-ring (bicyclic) bond motifs is 1. The molecule has 0 bridgehead atoms. The zero-order valence-electron chi connectivity index (χ0n) is 14.4. The number of hydrogen-bond acceptors (Lipinski definition) is 5. The first-order chi connectivity index (χ1) is 12.3. The van der Waals surface area contributed by atoms with E-state index in [9.17, 15) is 0 Å². The predicted octanol–water partition coefficient (Wildman–Crippen LogP) is 4.83. The Morgan fingerprint density at radius 1 is 1.24 bits per heavy atom. The van der Waals surface area contributed by atoms with Crippen molar-refractivity contribution in [3.05, 3.63) is 53.2 Å². The largest absolute Gasteiger partial charge is 0.381 e. The van der Waals surface area contributed by atoms with E-state index in [1.165, 1.54) is 5.56 Å². The maximum absolute atomic E-state index is 5.59. The fourth-order valence-electron chi connectivity index (χ4n) is 3.40. The summed E-state index contributed by atoms with van der Waals surface area (Å²) in [5.74, 6) is 2.45. The maximum Gasteiger partial charge on any atom is 0.138 e. The van der Waals surface area contributed by atoms with Crippen LogP contribution in [-0.2, 0) is 11.2 Å². The number of thiophene rings is 1. The molecule has 2 aromatic heterocycles. The minimum absolute atomic E-state index is 0.232. The monoisotopic (exact) mass is 353 g/mol. The summed E-state index contributed by atoms with van der Waals surface area (Å²) in [4.78, 5) is 10.5. The average Bonchev–Trinajstić information content (AvgIpc) is 3.33. The molecule has 2 atom stereocenters. The highest BCUT2D eigenvalue weighted by atomic mass is 32.1. The van der Waals surface area contributed by atoms with Crippen molar-refractivity contribution < 1.29 is 4.74 Å². The molecule has 4 nitrogen and oxygen atoms in total. The third-order valence-electron chi connectivity index (χ3n) is 4.79. The highest BCUT2D eigenvalue weighted by molar-refractivity contribution is 7.16. The Kier molecular flexibility index (Phi) is 4.95. The fourth-order valence-corrected chi connectivity index (χ4v) is 4.18. The van der Waals surface area contributed by atoms with E-state index in [4.69, 9.17) is 9.72 Å². The normalized spacial score (nSPS) is 18.5. The maximum atomic E-state index is 5.59. The summed E-state index contributed by atoms with van der Waals surface area (Å²) in [6.45, 7) is 3.85. The molecule has 0 spiro atoms. The van der Waals surface area contributed by atoms with Gasteiger partial charge in [0.25, 0.3) is 0 Å². The number of nitrogens with zero attached hydrogens (tertiary/aromatic N) is 2. The van der Waals surface area contributed by atoms with E-state index in [-0.39, 0.29) is 6.04 Å². The first-order valence-corrected chi connectivity index (χ1v) is 9.84. The summed E-state index contributed by atoms with van der Waals surface area (Å²) in [5, 5.41) is 6.93. The molecule has 1 aliphatic rings. The fraction of sp³-hybridized carbons (Fsp3) is 0.400. The van der Waals surface area contributed by atoms with Crippen LogP contribution >= 0.6 is 11.3 Å². The van der Waals surface area contributed by atoms with Gasteiger partial charge in [-0.3, -0.25) is 0 Å². The smallest absolute Gasteiger partial charge is 0.138 e. The molecule has 4 rings (SSSR count). The van der Waals surface area contributed by atoms with E-state index in [2.05, 4.69) is 59.0 Å². The van der Waals surface area contributed by atoms with Crippen molar-refractivity contribution >= 4 is 27.4 Å². The second kappa shape index (κ2) is 7.50. The van der Waals surface area contributed by atoms with E-state index >= 15 is 0 Å². The predicted molar refractivity (Wildman–Crippen MR) is 103 cm³/mol. The molecule has 3 heterocycles. The van der Waals surface area contributed by atoms with Gasteiger partial charge in [-0.1, -0.05) is 37.3 Å². The Balaban J connectivity index is 1.67. The van der Waals surface area contributed by atoms with Crippen LogP contribution < -0.4 is 5.32 Å². The highest BCUT2D eigenvalue weighted by Gasteiger charge is 2.23. The van der Waals surface area contributed by atoms with E-state index in [0.29, 0.717) is 5.92 Å². The number of aromatic nitrogens is 2. The van der Waals surface area contributed by atoms with Crippen LogP contribution in [0.15, 0.2) is 41.8 Å². The van der Waals surface area contributed by atoms with Gasteiger partial charge in [-0.15, -0.1) is 11.3 Å². The summed E-state index contributed by atoms with van der Waals surface area (Å²) in [5.41, 5.74) is 1.30. The van der Waals surface area contributed by atoms with Crippen LogP contribution in [0.2, 0.25) is 0 Å². The van der Waals surface area contributed by atoms with Crippen molar-refractivity contribution in [1.29, 1.82) is 0 Å². The molecule has 130 valence electrons. The number of benzene rings is 1. The van der Waals surface area contributed by atoms with Crippen molar-refractivity contribution in [2.45, 2.75) is 32.2 Å². The quantitative estimate of drug-likeness (QED) is 0.689. The minimum atomic E-state index is 0.232. The lowest BCUT2D eigenvalue weighted by atomic mass is 9.94. The second-order valence-corrected chi connectivity index (χ2v) is 7.45. The third kappa shape index (κ3) is 3.67. The molecular formula is C20H23N3OS. The summed E-state index contributed by atoms with van der Waals surface area (Å²) in [6, 6.07) is 13.0. The molecule has 2 unspecified atom stereocenters. The zero-order valence-corrected chi connectivity index (χ0v) is 15.3. The molecule has 0 saturated carbocycles. The van der Waals surface area contributed by atoms with Crippen LogP contribution in [0.3, 0.4) is 0 Å². The number of anilines is 1. The molecule has 3 aromatic rings. The Morgan fingerprint density at radius 3 is 2.88 bits per heavy atom. The third-order valence-corrected chi connectivity index (χ3v) is 5.60. The van der Waals surface area contributed by atoms with Gasteiger partial charge in [0.15, 0.2) is 0 Å². The second-order valence-electron chi connectivity index (χ2n) is 6.55. The molecule has 5 heteroatoms. The standard InChI is InChI=1S/C20H23N3OS/c1-2-18-22-19(16-9-11-25-20(16)23-18)21-17(12-14-8-10-24-13-14)15-6-4-3-5-7-15/h3-7,9,11,14,17H,2,8,10,12-13H2,1H3,(H,21,22,23). The Bertz CT molecular complexity index is 827. The lowest BCUT2D eigenvalue weighted by molar-refractivity contribution is 0.183. The van der Waals surface area contributed by atoms with Crippen LogP contribution in [0.5, 0.6) is 0 Å². The summed E-state index contributed by atoms with van der Waals surface area (Å²) >= 11 is 1.68. The van der Waals surface area contributed by atoms with Crippen LogP contribution in [0.1, 0.15) is 37.2 Å². The molecule has 1 aromatic carbocycles. The molecule has 1 aliphatic heterocycles. The molecule has 0 aliphatic carbocycles. The van der Waals surface area contributed by atoms with Gasteiger partial charge < -0.3 is 10.1 Å². The van der Waals surface area contributed by atoms with Crippen molar-refractivity contribution in [2.24, 2.45) is 5.92 Å². The molecule has 1 N–H and O–H groups in total. The van der Waals surface area contributed by atoms with Gasteiger partial charge >= 0.3 is 0 Å². The average molecular weight is 353 g/mol. The van der Waals surface area contributed by atoms with Gasteiger partial charge in [0.05, 0.1) is 11.4 Å². The van der Waals surface area contributed by atoms with Crippen LogP contribution in [0, 0.1) is 5.92 Å². The summed E-state index contributed by atoms with van der Waals surface area (Å²) in [6.07, 6.45) is 3.04. The highest BCUT2D eigenvalue weighted by Crippen LogP contribution is 2.32. The molecule has 0 amide bonds. The van der Waals surface area contributed by atoms with Crippen molar-refractivity contribution in [3.63, 3.8) is 0 Å². The van der Waals surface area contributed by atoms with Crippen LogP contribution in [0.25, 0.3) is 10.2 Å². The Hall–Kier alpha value is -1.98. The zero-order chi connectivity index (χ0) is 17.1. The molecule has 25 heavy (non-hydrogen) atoms. The van der Waals surface area contributed by atoms with E-state index < -0.39 is 0 Å². The van der Waals surface area contributed by atoms with Crippen molar-refractivity contribution in [1.82, 2.24) is 9.97 Å².